The maximum atomic E-state index is 14.1. The minimum absolute atomic E-state index is 0.00411. The van der Waals surface area contributed by atoms with Gasteiger partial charge in [-0.2, -0.15) is 0 Å². The van der Waals surface area contributed by atoms with Crippen LogP contribution in [0.2, 0.25) is 0 Å². The van der Waals surface area contributed by atoms with Crippen LogP contribution in [-0.4, -0.2) is 45.3 Å². The average Bonchev–Trinajstić information content (AvgIpc) is 3.29. The number of hydrogen-bond acceptors (Lipinski definition) is 6. The first kappa shape index (κ1) is 22.1. The van der Waals surface area contributed by atoms with Crippen molar-refractivity contribution >= 4 is 44.7 Å². The van der Waals surface area contributed by atoms with Crippen molar-refractivity contribution in [2.45, 2.75) is 50.1 Å². The Morgan fingerprint density at radius 2 is 1.89 bits per heavy atom. The second kappa shape index (κ2) is 8.78. The molecule has 2 aromatic heterocycles. The number of benzene rings is 2. The third-order valence-electron chi connectivity index (χ3n) is 7.86. The summed E-state index contributed by atoms with van der Waals surface area (Å²) >= 11 is 3.16. The summed E-state index contributed by atoms with van der Waals surface area (Å²) in [7, 11) is 0. The molecule has 0 radical (unpaired) electrons. The summed E-state index contributed by atoms with van der Waals surface area (Å²) < 4.78 is 0.901. The van der Waals surface area contributed by atoms with Crippen molar-refractivity contribution in [2.75, 3.05) is 6.54 Å². The van der Waals surface area contributed by atoms with Gasteiger partial charge in [0.15, 0.2) is 0 Å². The lowest BCUT2D eigenvalue weighted by molar-refractivity contribution is 0.0577. The highest BCUT2D eigenvalue weighted by atomic mass is 32.1. The van der Waals surface area contributed by atoms with Gasteiger partial charge in [-0.1, -0.05) is 36.4 Å². The number of rotatable bonds is 6. The zero-order valence-electron chi connectivity index (χ0n) is 19.7. The summed E-state index contributed by atoms with van der Waals surface area (Å²) in [5.74, 6) is 0.835. The Balaban J connectivity index is 1.16. The largest absolute Gasteiger partial charge is 0.350 e. The fraction of sp³-hybridized carbons (Fsp3) is 0.357. The maximum absolute atomic E-state index is 14.1. The molecule has 1 N–H and O–H groups in total. The lowest BCUT2D eigenvalue weighted by Crippen LogP contribution is -2.50. The second-order valence-corrected chi connectivity index (χ2v) is 12.0. The molecule has 3 fully saturated rings. The SMILES string of the molecule is O=C(NC[C@@H]1[C@H]2CC[C@H](C2)N1C(=O)c1nc(C2CC2)sc1-c1ccccc1)c1cccc2ncsc12. The van der Waals surface area contributed by atoms with Crippen LogP contribution in [0.1, 0.15) is 63.9 Å². The van der Waals surface area contributed by atoms with Crippen LogP contribution >= 0.6 is 22.7 Å². The van der Waals surface area contributed by atoms with E-state index in [9.17, 15) is 9.59 Å². The van der Waals surface area contributed by atoms with Gasteiger partial charge in [0, 0.05) is 18.5 Å². The van der Waals surface area contributed by atoms with Gasteiger partial charge in [-0.15, -0.1) is 22.7 Å². The molecular formula is C28H26N4O2S2. The molecule has 0 spiro atoms. The minimum Gasteiger partial charge on any atom is -0.350 e. The molecule has 0 unspecified atom stereocenters. The summed E-state index contributed by atoms with van der Waals surface area (Å²) in [6.07, 6.45) is 5.46. The smallest absolute Gasteiger partial charge is 0.274 e. The van der Waals surface area contributed by atoms with Gasteiger partial charge in [-0.05, 0) is 55.7 Å². The van der Waals surface area contributed by atoms with Crippen molar-refractivity contribution in [1.82, 2.24) is 20.2 Å². The van der Waals surface area contributed by atoms with E-state index in [0.29, 0.717) is 29.6 Å². The highest BCUT2D eigenvalue weighted by Crippen LogP contribution is 2.47. The van der Waals surface area contributed by atoms with Gasteiger partial charge < -0.3 is 10.2 Å². The quantitative estimate of drug-likeness (QED) is 0.357. The summed E-state index contributed by atoms with van der Waals surface area (Å²) in [6.45, 7) is 0.460. The fourth-order valence-electron chi connectivity index (χ4n) is 5.92. The molecule has 6 nitrogen and oxygen atoms in total. The first-order valence-corrected chi connectivity index (χ1v) is 14.4. The van der Waals surface area contributed by atoms with Gasteiger partial charge in [0.1, 0.15) is 5.69 Å². The van der Waals surface area contributed by atoms with Gasteiger partial charge >= 0.3 is 0 Å². The van der Waals surface area contributed by atoms with Gasteiger partial charge in [0.2, 0.25) is 0 Å². The molecule has 1 aliphatic heterocycles. The molecule has 8 heteroatoms. The van der Waals surface area contributed by atoms with Crippen LogP contribution in [0.5, 0.6) is 0 Å². The highest BCUT2D eigenvalue weighted by Gasteiger charge is 2.49. The third kappa shape index (κ3) is 3.74. The van der Waals surface area contributed by atoms with E-state index in [-0.39, 0.29) is 23.9 Å². The Morgan fingerprint density at radius 3 is 2.72 bits per heavy atom. The summed E-state index contributed by atoms with van der Waals surface area (Å²) in [5.41, 5.74) is 4.90. The molecular weight excluding hydrogens is 488 g/mol. The Bertz CT molecular complexity index is 1460. The fourth-order valence-corrected chi connectivity index (χ4v) is 7.96. The van der Waals surface area contributed by atoms with Crippen LogP contribution in [0.3, 0.4) is 0 Å². The van der Waals surface area contributed by atoms with E-state index >= 15 is 0 Å². The van der Waals surface area contributed by atoms with Gasteiger partial charge in [-0.3, -0.25) is 9.59 Å². The number of aromatic nitrogens is 2. The lowest BCUT2D eigenvalue weighted by atomic mass is 9.98. The zero-order valence-corrected chi connectivity index (χ0v) is 21.4. The van der Waals surface area contributed by atoms with Crippen molar-refractivity contribution in [3.63, 3.8) is 0 Å². The van der Waals surface area contributed by atoms with E-state index in [0.717, 1.165) is 57.8 Å². The minimum atomic E-state index is -0.102. The van der Waals surface area contributed by atoms with Crippen LogP contribution in [0, 0.1) is 5.92 Å². The molecule has 182 valence electrons. The molecule has 4 aromatic rings. The van der Waals surface area contributed by atoms with E-state index in [1.807, 2.05) is 36.4 Å². The summed E-state index contributed by atoms with van der Waals surface area (Å²) in [5, 5.41) is 4.24. The Morgan fingerprint density at radius 1 is 1.03 bits per heavy atom. The molecule has 1 saturated heterocycles. The van der Waals surface area contributed by atoms with Crippen LogP contribution in [0.4, 0.5) is 0 Å². The van der Waals surface area contributed by atoms with Crippen LogP contribution < -0.4 is 5.32 Å². The number of piperidine rings is 1. The first-order chi connectivity index (χ1) is 17.7. The molecule has 2 aliphatic carbocycles. The van der Waals surface area contributed by atoms with E-state index in [4.69, 9.17) is 4.98 Å². The molecule has 2 aromatic carbocycles. The van der Waals surface area contributed by atoms with Crippen molar-refractivity contribution in [3.05, 3.63) is 70.3 Å². The Kier molecular flexibility index (Phi) is 5.40. The molecule has 7 rings (SSSR count). The van der Waals surface area contributed by atoms with Crippen molar-refractivity contribution in [1.29, 1.82) is 0 Å². The van der Waals surface area contributed by atoms with Crippen LogP contribution in [0.15, 0.2) is 54.0 Å². The van der Waals surface area contributed by atoms with Crippen molar-refractivity contribution in [2.24, 2.45) is 5.92 Å². The maximum Gasteiger partial charge on any atom is 0.274 e. The molecule has 3 heterocycles. The molecule has 3 atom stereocenters. The molecule has 2 saturated carbocycles. The monoisotopic (exact) mass is 514 g/mol. The Labute approximate surface area is 217 Å². The number of thiazole rings is 2. The molecule has 3 aliphatic rings. The molecule has 2 amide bonds. The number of likely N-dealkylation sites (tertiary alicyclic amines) is 1. The lowest BCUT2D eigenvalue weighted by Gasteiger charge is -2.35. The van der Waals surface area contributed by atoms with Gasteiger partial charge in [-0.25, -0.2) is 9.97 Å². The summed E-state index contributed by atoms with van der Waals surface area (Å²) in [6, 6.07) is 16.0. The number of amides is 2. The van der Waals surface area contributed by atoms with Gasteiger partial charge in [0.05, 0.1) is 37.2 Å². The molecule has 2 bridgehead atoms. The van der Waals surface area contributed by atoms with Crippen LogP contribution in [0.25, 0.3) is 20.7 Å². The van der Waals surface area contributed by atoms with E-state index < -0.39 is 0 Å². The van der Waals surface area contributed by atoms with E-state index in [1.54, 1.807) is 16.8 Å². The van der Waals surface area contributed by atoms with Crippen molar-refractivity contribution < 1.29 is 9.59 Å². The second-order valence-electron chi connectivity index (χ2n) is 10.1. The standard InChI is InChI=1S/C28H26N4O2S2/c33-26(20-7-4-8-21-25(20)35-15-30-21)29-14-22-18-11-12-19(13-18)32(22)28(34)23-24(16-5-2-1-3-6-16)36-27(31-23)17-9-10-17/h1-8,15,17-19,22H,9-14H2,(H,29,33)/t18-,19+,22+/m0/s1. The first-order valence-electron chi connectivity index (χ1n) is 12.7. The predicted molar refractivity (Wildman–Crippen MR) is 143 cm³/mol. The average molecular weight is 515 g/mol. The van der Waals surface area contributed by atoms with Crippen molar-refractivity contribution in [3.8, 4) is 10.4 Å². The Hall–Kier alpha value is -3.10. The number of fused-ring (bicyclic) bond motifs is 3. The van der Waals surface area contributed by atoms with Gasteiger partial charge in [0.25, 0.3) is 11.8 Å². The van der Waals surface area contributed by atoms with Crippen LogP contribution in [-0.2, 0) is 0 Å². The number of nitrogens with one attached hydrogen (secondary N) is 1. The number of carbonyl (C=O) groups is 2. The number of carbonyl (C=O) groups excluding carboxylic acids is 2. The number of hydrogen-bond donors (Lipinski definition) is 1. The third-order valence-corrected chi connectivity index (χ3v) is 10.00. The molecule has 36 heavy (non-hydrogen) atoms. The highest BCUT2D eigenvalue weighted by molar-refractivity contribution is 7.17. The van der Waals surface area contributed by atoms with E-state index in [2.05, 4.69) is 27.3 Å². The zero-order chi connectivity index (χ0) is 24.2. The number of nitrogens with zero attached hydrogens (tertiary/aromatic N) is 3. The topological polar surface area (TPSA) is 75.2 Å². The normalized spacial score (nSPS) is 22.9. The summed E-state index contributed by atoms with van der Waals surface area (Å²) in [4.78, 5) is 39.5. The predicted octanol–water partition coefficient (Wildman–Crippen LogP) is 5.72. The van der Waals surface area contributed by atoms with E-state index in [1.165, 1.54) is 11.3 Å².